The average Bonchev–Trinajstić information content (AvgIpc) is 2.42. The molecule has 0 heterocycles. The molecule has 2 nitrogen and oxygen atoms in total. The van der Waals surface area contributed by atoms with Crippen molar-refractivity contribution < 1.29 is 4.39 Å². The number of benzene rings is 1. The Labute approximate surface area is 125 Å². The molecular weight excluding hydrogens is 271 g/mol. The Morgan fingerprint density at radius 2 is 2.00 bits per heavy atom. The average molecular weight is 294 g/mol. The van der Waals surface area contributed by atoms with Crippen LogP contribution in [0, 0.1) is 5.82 Å². The third-order valence-corrected chi connectivity index (χ3v) is 4.86. The Hall–Kier alpha value is -0.840. The molecule has 4 heteroatoms. The highest BCUT2D eigenvalue weighted by molar-refractivity contribution is 7.99. The molecule has 1 aliphatic rings. The van der Waals surface area contributed by atoms with E-state index in [2.05, 4.69) is 11.5 Å². The highest BCUT2D eigenvalue weighted by atomic mass is 32.2. The Bertz CT molecular complexity index is 448. The van der Waals surface area contributed by atoms with Crippen molar-refractivity contribution in [1.82, 2.24) is 5.43 Å². The van der Waals surface area contributed by atoms with E-state index in [9.17, 15) is 4.39 Å². The van der Waals surface area contributed by atoms with Crippen LogP contribution in [0.2, 0.25) is 0 Å². The van der Waals surface area contributed by atoms with Crippen LogP contribution < -0.4 is 11.3 Å². The first-order valence-corrected chi connectivity index (χ1v) is 8.32. The number of rotatable bonds is 5. The van der Waals surface area contributed by atoms with Gasteiger partial charge in [-0.2, -0.15) is 0 Å². The van der Waals surface area contributed by atoms with Crippen molar-refractivity contribution in [3.63, 3.8) is 0 Å². The van der Waals surface area contributed by atoms with Gasteiger partial charge in [-0.25, -0.2) is 4.39 Å². The minimum Gasteiger partial charge on any atom is -0.271 e. The monoisotopic (exact) mass is 294 g/mol. The van der Waals surface area contributed by atoms with Crippen LogP contribution in [0.4, 0.5) is 4.39 Å². The normalized spacial score (nSPS) is 20.6. The highest BCUT2D eigenvalue weighted by Crippen LogP contribution is 2.26. The fourth-order valence-corrected chi connectivity index (χ4v) is 3.57. The van der Waals surface area contributed by atoms with E-state index < -0.39 is 0 Å². The largest absolute Gasteiger partial charge is 0.271 e. The van der Waals surface area contributed by atoms with Crippen molar-refractivity contribution in [3.05, 3.63) is 41.7 Å². The molecule has 0 radical (unpaired) electrons. The number of nitrogens with one attached hydrogen (secondary N) is 1. The van der Waals surface area contributed by atoms with Gasteiger partial charge in [0.2, 0.25) is 0 Å². The molecule has 1 unspecified atom stereocenters. The van der Waals surface area contributed by atoms with Crippen LogP contribution >= 0.6 is 11.8 Å². The van der Waals surface area contributed by atoms with Gasteiger partial charge >= 0.3 is 0 Å². The molecule has 0 fully saturated rings. The number of hydrazine groups is 1. The Kier molecular flexibility index (Phi) is 6.57. The quantitative estimate of drug-likeness (QED) is 0.373. The maximum atomic E-state index is 13.6. The smallest absolute Gasteiger partial charge is 0.136 e. The lowest BCUT2D eigenvalue weighted by Crippen LogP contribution is -2.38. The second kappa shape index (κ2) is 8.45. The van der Waals surface area contributed by atoms with E-state index in [-0.39, 0.29) is 11.9 Å². The number of halogens is 1. The molecule has 0 aliphatic heterocycles. The summed E-state index contributed by atoms with van der Waals surface area (Å²) in [5.74, 6) is 6.31. The number of allylic oxidation sites excluding steroid dienone is 1. The molecule has 0 bridgehead atoms. The minimum absolute atomic E-state index is 0.137. The number of nitrogens with two attached hydrogens (primary N) is 1. The van der Waals surface area contributed by atoms with Crippen molar-refractivity contribution in [2.24, 2.45) is 5.84 Å². The molecule has 0 aromatic heterocycles. The van der Waals surface area contributed by atoms with Gasteiger partial charge in [-0.1, -0.05) is 36.6 Å². The summed E-state index contributed by atoms with van der Waals surface area (Å²) in [5.41, 5.74) is 4.28. The summed E-state index contributed by atoms with van der Waals surface area (Å²) in [7, 11) is 0. The van der Waals surface area contributed by atoms with Crippen LogP contribution in [-0.4, -0.2) is 11.8 Å². The van der Waals surface area contributed by atoms with Crippen LogP contribution in [0.15, 0.2) is 40.8 Å². The predicted octanol–water partition coefficient (Wildman–Crippen LogP) is 4.03. The van der Waals surface area contributed by atoms with Crippen LogP contribution in [0.5, 0.6) is 0 Å². The summed E-state index contributed by atoms with van der Waals surface area (Å²) in [6.07, 6.45) is 9.69. The summed E-state index contributed by atoms with van der Waals surface area (Å²) in [6.45, 7) is 0. The van der Waals surface area contributed by atoms with Crippen molar-refractivity contribution >= 4 is 11.8 Å². The fraction of sp³-hybridized carbons (Fsp3) is 0.500. The van der Waals surface area contributed by atoms with E-state index in [0.29, 0.717) is 4.90 Å². The van der Waals surface area contributed by atoms with Crippen molar-refractivity contribution in [2.45, 2.75) is 49.5 Å². The molecule has 1 aliphatic carbocycles. The highest BCUT2D eigenvalue weighted by Gasteiger charge is 2.15. The van der Waals surface area contributed by atoms with Crippen molar-refractivity contribution in [2.75, 3.05) is 5.75 Å². The molecule has 1 atom stereocenters. The van der Waals surface area contributed by atoms with E-state index in [1.165, 1.54) is 49.1 Å². The third kappa shape index (κ3) is 4.62. The maximum absolute atomic E-state index is 13.6. The number of thioether (sulfide) groups is 1. The lowest BCUT2D eigenvalue weighted by atomic mass is 9.96. The van der Waals surface area contributed by atoms with Gasteiger partial charge in [-0.05, 0) is 37.8 Å². The van der Waals surface area contributed by atoms with E-state index in [4.69, 9.17) is 5.84 Å². The first-order valence-electron chi connectivity index (χ1n) is 7.33. The van der Waals surface area contributed by atoms with Crippen molar-refractivity contribution in [3.8, 4) is 0 Å². The summed E-state index contributed by atoms with van der Waals surface area (Å²) >= 11 is 1.53. The molecule has 2 rings (SSSR count). The molecule has 0 saturated carbocycles. The minimum atomic E-state index is -0.153. The maximum Gasteiger partial charge on any atom is 0.136 e. The van der Waals surface area contributed by atoms with Crippen molar-refractivity contribution in [1.29, 1.82) is 0 Å². The van der Waals surface area contributed by atoms with Gasteiger partial charge in [-0.15, -0.1) is 11.8 Å². The molecule has 110 valence electrons. The SMILES string of the molecule is NNC(CSc1ccccc1F)/C1=C/CCCCCC1. The topological polar surface area (TPSA) is 38.0 Å². The molecule has 0 amide bonds. The van der Waals surface area contributed by atoms with Crippen LogP contribution in [-0.2, 0) is 0 Å². The molecule has 3 N–H and O–H groups in total. The second-order valence-electron chi connectivity index (χ2n) is 5.19. The Morgan fingerprint density at radius 3 is 2.80 bits per heavy atom. The van der Waals surface area contributed by atoms with Gasteiger partial charge < -0.3 is 0 Å². The Morgan fingerprint density at radius 1 is 1.20 bits per heavy atom. The predicted molar refractivity (Wildman–Crippen MR) is 84.0 cm³/mol. The summed E-state index contributed by atoms with van der Waals surface area (Å²) < 4.78 is 13.6. The zero-order chi connectivity index (χ0) is 14.2. The fourth-order valence-electron chi connectivity index (χ4n) is 2.53. The molecular formula is C16H23FN2S. The lowest BCUT2D eigenvalue weighted by Gasteiger charge is -2.21. The Balaban J connectivity index is 1.96. The summed E-state index contributed by atoms with van der Waals surface area (Å²) in [6, 6.07) is 7.04. The van der Waals surface area contributed by atoms with Crippen LogP contribution in [0.1, 0.15) is 38.5 Å². The lowest BCUT2D eigenvalue weighted by molar-refractivity contribution is 0.566. The third-order valence-electron chi connectivity index (χ3n) is 3.72. The van der Waals surface area contributed by atoms with E-state index in [0.717, 1.165) is 18.6 Å². The van der Waals surface area contributed by atoms with Gasteiger partial charge in [0.25, 0.3) is 0 Å². The molecule has 1 aromatic rings. The van der Waals surface area contributed by atoms with Gasteiger partial charge in [0, 0.05) is 10.6 Å². The first-order chi connectivity index (χ1) is 9.81. The zero-order valence-corrected chi connectivity index (χ0v) is 12.6. The van der Waals surface area contributed by atoms with E-state index in [1.54, 1.807) is 6.07 Å². The van der Waals surface area contributed by atoms with Gasteiger partial charge in [0.15, 0.2) is 0 Å². The molecule has 0 spiro atoms. The van der Waals surface area contributed by atoms with Gasteiger partial charge in [0.1, 0.15) is 5.82 Å². The van der Waals surface area contributed by atoms with Crippen LogP contribution in [0.25, 0.3) is 0 Å². The second-order valence-corrected chi connectivity index (χ2v) is 6.25. The van der Waals surface area contributed by atoms with Gasteiger partial charge in [-0.3, -0.25) is 11.3 Å². The molecule has 0 saturated heterocycles. The van der Waals surface area contributed by atoms with E-state index >= 15 is 0 Å². The molecule has 1 aromatic carbocycles. The first kappa shape index (κ1) is 15.5. The number of hydrogen-bond acceptors (Lipinski definition) is 3. The molecule has 20 heavy (non-hydrogen) atoms. The zero-order valence-electron chi connectivity index (χ0n) is 11.8. The number of hydrogen-bond donors (Lipinski definition) is 2. The summed E-state index contributed by atoms with van der Waals surface area (Å²) in [4.78, 5) is 0.694. The standard InChI is InChI=1S/C16H23FN2S/c17-14-10-6-7-11-16(14)20-12-15(19-18)13-8-4-2-1-3-5-9-13/h6-8,10-11,15,19H,1-5,9,12,18H2/b13-8+. The summed E-state index contributed by atoms with van der Waals surface area (Å²) in [5, 5.41) is 0. The van der Waals surface area contributed by atoms with Gasteiger partial charge in [0.05, 0.1) is 6.04 Å². The van der Waals surface area contributed by atoms with E-state index in [1.807, 2.05) is 12.1 Å². The van der Waals surface area contributed by atoms with Crippen LogP contribution in [0.3, 0.4) is 0 Å².